The van der Waals surface area contributed by atoms with E-state index in [0.717, 1.165) is 10.0 Å². The topological polar surface area (TPSA) is 66.2 Å². The van der Waals surface area contributed by atoms with Gasteiger partial charge in [0, 0.05) is 16.6 Å². The number of ketones is 1. The lowest BCUT2D eigenvalue weighted by molar-refractivity contribution is 0.102. The van der Waals surface area contributed by atoms with Gasteiger partial charge in [0.15, 0.2) is 28.3 Å². The molecule has 0 atom stereocenters. The Morgan fingerprint density at radius 3 is 2.65 bits per heavy atom. The Labute approximate surface area is 194 Å². The van der Waals surface area contributed by atoms with Crippen molar-refractivity contribution in [2.24, 2.45) is 0 Å². The van der Waals surface area contributed by atoms with Crippen molar-refractivity contribution < 1.29 is 14.3 Å². The van der Waals surface area contributed by atoms with Crippen LogP contribution in [0.15, 0.2) is 64.7 Å². The summed E-state index contributed by atoms with van der Waals surface area (Å²) in [5.41, 5.74) is 1.76. The van der Waals surface area contributed by atoms with E-state index < -0.39 is 0 Å². The number of rotatable bonds is 11. The number of allylic oxidation sites excluding steroid dienone is 1. The van der Waals surface area contributed by atoms with Crippen molar-refractivity contribution in [3.63, 3.8) is 0 Å². The van der Waals surface area contributed by atoms with Gasteiger partial charge < -0.3 is 9.47 Å². The predicted octanol–water partition coefficient (Wildman–Crippen LogP) is 5.49. The zero-order chi connectivity index (χ0) is 22.2. The molecule has 0 aliphatic rings. The molecule has 1 heterocycles. The molecule has 0 unspecified atom stereocenters. The maximum atomic E-state index is 12.5. The van der Waals surface area contributed by atoms with E-state index in [-0.39, 0.29) is 18.1 Å². The highest BCUT2D eigenvalue weighted by Gasteiger charge is 2.16. The number of benzene rings is 2. The second-order valence-electron chi connectivity index (χ2n) is 6.69. The molecule has 162 valence electrons. The summed E-state index contributed by atoms with van der Waals surface area (Å²) in [5.74, 6) is 2.31. The number of hydrogen-bond acceptors (Lipinski definition) is 6. The number of aromatic nitrogens is 3. The molecule has 0 saturated carbocycles. The van der Waals surface area contributed by atoms with Crippen molar-refractivity contribution in [1.82, 2.24) is 14.8 Å². The van der Waals surface area contributed by atoms with Crippen molar-refractivity contribution in [2.45, 2.75) is 32.2 Å². The van der Waals surface area contributed by atoms with E-state index in [4.69, 9.17) is 9.47 Å². The normalized spacial score (nSPS) is 10.7. The number of halogens is 1. The monoisotopic (exact) mass is 501 g/mol. The minimum atomic E-state index is 0.0319. The summed E-state index contributed by atoms with van der Waals surface area (Å²) < 4.78 is 14.5. The van der Waals surface area contributed by atoms with Gasteiger partial charge >= 0.3 is 0 Å². The van der Waals surface area contributed by atoms with E-state index in [1.807, 2.05) is 48.7 Å². The lowest BCUT2D eigenvalue weighted by Gasteiger charge is -2.13. The smallest absolute Gasteiger partial charge is 0.192 e. The molecule has 0 N–H and O–H groups in total. The third kappa shape index (κ3) is 6.21. The molecule has 0 saturated heterocycles. The third-order valence-electron chi connectivity index (χ3n) is 4.36. The van der Waals surface area contributed by atoms with E-state index in [1.54, 1.807) is 18.2 Å². The van der Waals surface area contributed by atoms with Crippen LogP contribution in [0.5, 0.6) is 11.5 Å². The summed E-state index contributed by atoms with van der Waals surface area (Å²) in [7, 11) is 0. The number of nitrogens with zero attached hydrogens (tertiary/aromatic N) is 3. The van der Waals surface area contributed by atoms with Crippen LogP contribution >= 0.6 is 27.7 Å². The molecule has 8 heteroatoms. The number of ether oxygens (including phenoxy) is 2. The number of Topliss-reactive ketones (excluding diaryl/α,β-unsaturated/α-hetero) is 1. The number of hydrogen-bond donors (Lipinski definition) is 0. The second kappa shape index (κ2) is 11.2. The van der Waals surface area contributed by atoms with E-state index in [0.29, 0.717) is 41.2 Å². The number of carbonyl (C=O) groups is 1. The van der Waals surface area contributed by atoms with Gasteiger partial charge in [-0.25, -0.2) is 0 Å². The molecule has 2 aromatic carbocycles. The minimum absolute atomic E-state index is 0.0319. The van der Waals surface area contributed by atoms with Crippen molar-refractivity contribution >= 4 is 33.5 Å². The Morgan fingerprint density at radius 1 is 1.16 bits per heavy atom. The quantitative estimate of drug-likeness (QED) is 0.196. The van der Waals surface area contributed by atoms with Gasteiger partial charge in [0.05, 0.1) is 12.4 Å². The first-order valence-electron chi connectivity index (χ1n) is 9.82. The molecule has 0 amide bonds. The summed E-state index contributed by atoms with van der Waals surface area (Å²) >= 11 is 4.73. The molecular formula is C23H24BrN3O3S. The Kier molecular flexibility index (Phi) is 8.31. The van der Waals surface area contributed by atoms with Crippen molar-refractivity contribution in [3.05, 3.63) is 76.5 Å². The standard InChI is InChI=1S/C23H24BrN3O3S/c1-4-12-27-22(14-30-20-11-6-16(3)13-21(20)29-5-2)25-26-23(27)31-15-19(28)17-7-9-18(24)10-8-17/h4,6-11,13H,1,5,12,14-15H2,2-3H3. The third-order valence-corrected chi connectivity index (χ3v) is 5.85. The van der Waals surface area contributed by atoms with Crippen molar-refractivity contribution in [2.75, 3.05) is 12.4 Å². The Bertz CT molecular complexity index is 1050. The van der Waals surface area contributed by atoms with Gasteiger partial charge in [0.1, 0.15) is 6.61 Å². The molecule has 6 nitrogen and oxygen atoms in total. The average Bonchev–Trinajstić information content (AvgIpc) is 3.14. The minimum Gasteiger partial charge on any atom is -0.490 e. The van der Waals surface area contributed by atoms with Crippen LogP contribution in [0.3, 0.4) is 0 Å². The van der Waals surface area contributed by atoms with Crippen LogP contribution in [-0.4, -0.2) is 32.9 Å². The summed E-state index contributed by atoms with van der Waals surface area (Å²) in [6.45, 7) is 9.06. The molecule has 3 aromatic rings. The molecule has 0 aliphatic carbocycles. The fourth-order valence-corrected chi connectivity index (χ4v) is 3.96. The van der Waals surface area contributed by atoms with Gasteiger partial charge in [-0.15, -0.1) is 16.8 Å². The Morgan fingerprint density at radius 2 is 1.94 bits per heavy atom. The van der Waals surface area contributed by atoms with E-state index >= 15 is 0 Å². The predicted molar refractivity (Wildman–Crippen MR) is 126 cm³/mol. The highest BCUT2D eigenvalue weighted by molar-refractivity contribution is 9.10. The van der Waals surface area contributed by atoms with Gasteiger partial charge in [0.25, 0.3) is 0 Å². The molecule has 1 aromatic heterocycles. The zero-order valence-electron chi connectivity index (χ0n) is 17.5. The van der Waals surface area contributed by atoms with Gasteiger partial charge in [-0.05, 0) is 43.7 Å². The van der Waals surface area contributed by atoms with Gasteiger partial charge in [-0.3, -0.25) is 9.36 Å². The highest BCUT2D eigenvalue weighted by Crippen LogP contribution is 2.29. The summed E-state index contributed by atoms with van der Waals surface area (Å²) in [6, 6.07) is 13.1. The van der Waals surface area contributed by atoms with Gasteiger partial charge in [0.2, 0.25) is 0 Å². The van der Waals surface area contributed by atoms with Crippen LogP contribution in [0.4, 0.5) is 0 Å². The molecule has 0 radical (unpaired) electrons. The lowest BCUT2D eigenvalue weighted by atomic mass is 10.2. The SMILES string of the molecule is C=CCn1c(COc2ccc(C)cc2OCC)nnc1SCC(=O)c1ccc(Br)cc1. The molecule has 0 spiro atoms. The second-order valence-corrected chi connectivity index (χ2v) is 8.55. The summed E-state index contributed by atoms with van der Waals surface area (Å²) in [5, 5.41) is 9.17. The highest BCUT2D eigenvalue weighted by atomic mass is 79.9. The maximum absolute atomic E-state index is 12.5. The number of carbonyl (C=O) groups excluding carboxylic acids is 1. The zero-order valence-corrected chi connectivity index (χ0v) is 19.9. The summed E-state index contributed by atoms with van der Waals surface area (Å²) in [4.78, 5) is 12.5. The maximum Gasteiger partial charge on any atom is 0.192 e. The largest absolute Gasteiger partial charge is 0.490 e. The number of thioether (sulfide) groups is 1. The first kappa shape index (κ1) is 23.1. The molecule has 0 bridgehead atoms. The van der Waals surface area contributed by atoms with E-state index in [2.05, 4.69) is 32.7 Å². The fraction of sp³-hybridized carbons (Fsp3) is 0.261. The lowest BCUT2D eigenvalue weighted by Crippen LogP contribution is -2.09. The average molecular weight is 502 g/mol. The van der Waals surface area contributed by atoms with Crippen molar-refractivity contribution in [1.29, 1.82) is 0 Å². The van der Waals surface area contributed by atoms with Crippen LogP contribution < -0.4 is 9.47 Å². The Balaban J connectivity index is 1.69. The fourth-order valence-electron chi connectivity index (χ4n) is 2.84. The van der Waals surface area contributed by atoms with Gasteiger partial charge in [-0.2, -0.15) is 0 Å². The van der Waals surface area contributed by atoms with Crippen LogP contribution in [0.1, 0.15) is 28.7 Å². The van der Waals surface area contributed by atoms with E-state index in [1.165, 1.54) is 11.8 Å². The van der Waals surface area contributed by atoms with Crippen LogP contribution in [0.25, 0.3) is 0 Å². The summed E-state index contributed by atoms with van der Waals surface area (Å²) in [6.07, 6.45) is 1.77. The van der Waals surface area contributed by atoms with Crippen LogP contribution in [0, 0.1) is 6.92 Å². The van der Waals surface area contributed by atoms with E-state index in [9.17, 15) is 4.79 Å². The number of aryl methyl sites for hydroxylation is 1. The Hall–Kier alpha value is -2.58. The molecule has 0 fully saturated rings. The van der Waals surface area contributed by atoms with Crippen LogP contribution in [-0.2, 0) is 13.2 Å². The molecule has 0 aliphatic heterocycles. The van der Waals surface area contributed by atoms with Crippen molar-refractivity contribution in [3.8, 4) is 11.5 Å². The first-order valence-corrected chi connectivity index (χ1v) is 11.6. The molecule has 31 heavy (non-hydrogen) atoms. The van der Waals surface area contributed by atoms with Gasteiger partial charge in [-0.1, -0.05) is 52.0 Å². The molecular weight excluding hydrogens is 478 g/mol. The molecule has 3 rings (SSSR count). The first-order chi connectivity index (χ1) is 15.0. The van der Waals surface area contributed by atoms with Crippen LogP contribution in [0.2, 0.25) is 0 Å².